The maximum Gasteiger partial charge on any atom is 0.290 e. The zero-order valence-electron chi connectivity index (χ0n) is 11.2. The summed E-state index contributed by atoms with van der Waals surface area (Å²) in [7, 11) is 0. The van der Waals surface area contributed by atoms with Crippen molar-refractivity contribution in [3.63, 3.8) is 0 Å². The fraction of sp³-hybridized carbons (Fsp3) is 0.467. The molecule has 5 rings (SSSR count). The number of benzene rings is 1. The van der Waals surface area contributed by atoms with Crippen LogP contribution in [0.2, 0.25) is 0 Å². The van der Waals surface area contributed by atoms with Gasteiger partial charge < -0.3 is 14.7 Å². The number of hydrogen-bond acceptors (Lipinski definition) is 4. The second kappa shape index (κ2) is 4.59. The Balaban J connectivity index is 1.56. The zero-order chi connectivity index (χ0) is 13.5. The lowest BCUT2D eigenvalue weighted by molar-refractivity contribution is 0.0602. The minimum absolute atomic E-state index is 0.141. The zero-order valence-corrected chi connectivity index (χ0v) is 11.2. The molecular formula is C15H17N3O2. The van der Waals surface area contributed by atoms with Gasteiger partial charge in [-0.1, -0.05) is 17.3 Å². The van der Waals surface area contributed by atoms with E-state index in [1.54, 1.807) is 0 Å². The molecule has 1 atom stereocenters. The van der Waals surface area contributed by atoms with Crippen LogP contribution in [0.4, 0.5) is 0 Å². The fourth-order valence-corrected chi connectivity index (χ4v) is 3.42. The number of rotatable bonds is 2. The number of aromatic nitrogens is 1. The molecule has 20 heavy (non-hydrogen) atoms. The number of carbonyl (C=O) groups is 1. The maximum absolute atomic E-state index is 12.4. The molecule has 1 aromatic carbocycles. The summed E-state index contributed by atoms with van der Waals surface area (Å²) in [4.78, 5) is 14.8. The van der Waals surface area contributed by atoms with Crippen LogP contribution >= 0.6 is 0 Å². The summed E-state index contributed by atoms with van der Waals surface area (Å²) in [6, 6.07) is 7.75. The summed E-state index contributed by atoms with van der Waals surface area (Å²) in [5.74, 6) is 0.799. The van der Waals surface area contributed by atoms with E-state index in [0.29, 0.717) is 11.7 Å². The number of hydrogen-bond donors (Lipinski definition) is 1. The van der Waals surface area contributed by atoms with E-state index < -0.39 is 0 Å². The highest BCUT2D eigenvalue weighted by Crippen LogP contribution is 2.28. The van der Waals surface area contributed by atoms with Crippen molar-refractivity contribution < 1.29 is 9.32 Å². The Labute approximate surface area is 116 Å². The van der Waals surface area contributed by atoms with Gasteiger partial charge >= 0.3 is 0 Å². The first-order valence-corrected chi connectivity index (χ1v) is 7.19. The van der Waals surface area contributed by atoms with E-state index in [2.05, 4.69) is 15.4 Å². The molecule has 0 aliphatic carbocycles. The van der Waals surface area contributed by atoms with Crippen molar-refractivity contribution >= 4 is 16.8 Å². The minimum atomic E-state index is -0.141. The minimum Gasteiger partial charge on any atom is -0.350 e. The summed E-state index contributed by atoms with van der Waals surface area (Å²) in [5, 5.41) is 7.85. The molecule has 3 saturated heterocycles. The van der Waals surface area contributed by atoms with E-state index in [9.17, 15) is 4.79 Å². The second-order valence-corrected chi connectivity index (χ2v) is 5.75. The molecule has 0 saturated carbocycles. The molecule has 0 radical (unpaired) electrons. The van der Waals surface area contributed by atoms with Gasteiger partial charge in [-0.3, -0.25) is 4.79 Å². The third kappa shape index (κ3) is 1.89. The molecule has 104 valence electrons. The lowest BCUT2D eigenvalue weighted by Gasteiger charge is -2.44. The first-order chi connectivity index (χ1) is 9.81. The molecule has 5 nitrogen and oxygen atoms in total. The molecule has 3 aliphatic rings. The van der Waals surface area contributed by atoms with Crippen LogP contribution in [0.25, 0.3) is 10.9 Å². The molecular weight excluding hydrogens is 254 g/mol. The van der Waals surface area contributed by atoms with Gasteiger partial charge in [0.05, 0.1) is 5.39 Å². The smallest absolute Gasteiger partial charge is 0.290 e. The van der Waals surface area contributed by atoms with E-state index in [1.807, 2.05) is 24.3 Å². The number of carbonyl (C=O) groups excluding carboxylic acids is 1. The van der Waals surface area contributed by atoms with Crippen molar-refractivity contribution in [2.45, 2.75) is 18.9 Å². The van der Waals surface area contributed by atoms with Crippen molar-refractivity contribution in [3.05, 3.63) is 30.0 Å². The van der Waals surface area contributed by atoms with Crippen molar-refractivity contribution in [3.8, 4) is 0 Å². The Kier molecular flexibility index (Phi) is 2.73. The Morgan fingerprint density at radius 3 is 2.85 bits per heavy atom. The quantitative estimate of drug-likeness (QED) is 0.902. The summed E-state index contributed by atoms with van der Waals surface area (Å²) in [6.07, 6.45) is 2.37. The largest absolute Gasteiger partial charge is 0.350 e. The lowest BCUT2D eigenvalue weighted by Crippen LogP contribution is -2.57. The van der Waals surface area contributed by atoms with Crippen LogP contribution < -0.4 is 5.32 Å². The predicted octanol–water partition coefficient (Wildman–Crippen LogP) is 1.65. The average molecular weight is 271 g/mol. The van der Waals surface area contributed by atoms with Crippen molar-refractivity contribution in [2.75, 3.05) is 19.6 Å². The maximum atomic E-state index is 12.4. The van der Waals surface area contributed by atoms with Gasteiger partial charge in [-0.2, -0.15) is 0 Å². The van der Waals surface area contributed by atoms with Gasteiger partial charge in [-0.05, 0) is 44.0 Å². The number of amides is 1. The summed E-state index contributed by atoms with van der Waals surface area (Å²) < 4.78 is 5.22. The monoisotopic (exact) mass is 271 g/mol. The van der Waals surface area contributed by atoms with Crippen LogP contribution in [0.1, 0.15) is 23.4 Å². The van der Waals surface area contributed by atoms with E-state index in [0.717, 1.165) is 17.4 Å². The van der Waals surface area contributed by atoms with Crippen LogP contribution in [0, 0.1) is 5.92 Å². The van der Waals surface area contributed by atoms with Crippen LogP contribution in [0.3, 0.4) is 0 Å². The standard InChI is InChI=1S/C15H17N3O2/c19-15(14-11-3-1-2-4-12(11)17-20-14)16-13-9-18-7-5-10(13)6-8-18/h1-4,10,13H,5-9H2,(H,16,19)/t13-/m1/s1. The number of fused-ring (bicyclic) bond motifs is 4. The van der Waals surface area contributed by atoms with Gasteiger partial charge in [0.25, 0.3) is 5.91 Å². The molecule has 2 bridgehead atoms. The van der Waals surface area contributed by atoms with Gasteiger partial charge in [0.15, 0.2) is 0 Å². The molecule has 0 unspecified atom stereocenters. The molecule has 4 heterocycles. The van der Waals surface area contributed by atoms with E-state index in [1.165, 1.54) is 25.9 Å². The van der Waals surface area contributed by atoms with Gasteiger partial charge in [0.2, 0.25) is 5.76 Å². The fourth-order valence-electron chi connectivity index (χ4n) is 3.42. The van der Waals surface area contributed by atoms with Crippen molar-refractivity contribution in [1.29, 1.82) is 0 Å². The van der Waals surface area contributed by atoms with Crippen LogP contribution in [-0.4, -0.2) is 41.6 Å². The van der Waals surface area contributed by atoms with Gasteiger partial charge in [-0.15, -0.1) is 0 Å². The van der Waals surface area contributed by atoms with Gasteiger partial charge in [0, 0.05) is 12.6 Å². The third-order valence-electron chi connectivity index (χ3n) is 4.56. The van der Waals surface area contributed by atoms with Gasteiger partial charge in [0.1, 0.15) is 5.52 Å². The lowest BCUT2D eigenvalue weighted by atomic mass is 9.84. The number of nitrogens with zero attached hydrogens (tertiary/aromatic N) is 2. The normalized spacial score (nSPS) is 28.7. The highest BCUT2D eigenvalue weighted by molar-refractivity contribution is 6.03. The predicted molar refractivity (Wildman–Crippen MR) is 74.4 cm³/mol. The molecule has 1 amide bonds. The molecule has 1 N–H and O–H groups in total. The molecule has 3 fully saturated rings. The first kappa shape index (κ1) is 11.9. The summed E-state index contributed by atoms with van der Waals surface area (Å²) >= 11 is 0. The van der Waals surface area contributed by atoms with Crippen LogP contribution in [0.15, 0.2) is 28.8 Å². The van der Waals surface area contributed by atoms with Crippen molar-refractivity contribution in [1.82, 2.24) is 15.4 Å². The second-order valence-electron chi connectivity index (χ2n) is 5.75. The molecule has 0 spiro atoms. The molecule has 2 aromatic rings. The summed E-state index contributed by atoms with van der Waals surface area (Å²) in [5.41, 5.74) is 0.728. The average Bonchev–Trinajstić information content (AvgIpc) is 2.92. The van der Waals surface area contributed by atoms with Crippen LogP contribution in [-0.2, 0) is 0 Å². The third-order valence-corrected chi connectivity index (χ3v) is 4.56. The topological polar surface area (TPSA) is 58.4 Å². The van der Waals surface area contributed by atoms with Gasteiger partial charge in [-0.25, -0.2) is 0 Å². The van der Waals surface area contributed by atoms with Crippen molar-refractivity contribution in [2.24, 2.45) is 5.92 Å². The Hall–Kier alpha value is -1.88. The summed E-state index contributed by atoms with van der Waals surface area (Å²) in [6.45, 7) is 3.30. The first-order valence-electron chi connectivity index (χ1n) is 7.19. The Bertz CT molecular complexity index is 643. The molecule has 5 heteroatoms. The Morgan fingerprint density at radius 2 is 2.10 bits per heavy atom. The number of piperidine rings is 3. The highest BCUT2D eigenvalue weighted by Gasteiger charge is 2.35. The highest BCUT2D eigenvalue weighted by atomic mass is 16.5. The van der Waals surface area contributed by atoms with E-state index in [4.69, 9.17) is 4.52 Å². The van der Waals surface area contributed by atoms with E-state index in [-0.39, 0.29) is 11.9 Å². The van der Waals surface area contributed by atoms with E-state index >= 15 is 0 Å². The number of nitrogens with one attached hydrogen (secondary N) is 1. The van der Waals surface area contributed by atoms with Crippen LogP contribution in [0.5, 0.6) is 0 Å². The molecule has 3 aliphatic heterocycles. The Morgan fingerprint density at radius 1 is 1.30 bits per heavy atom. The molecule has 1 aromatic heterocycles. The SMILES string of the molecule is O=C(N[C@@H]1CN2CCC1CC2)c1onc2ccccc12.